The zero-order valence-corrected chi connectivity index (χ0v) is 17.2. The first-order valence-electron chi connectivity index (χ1n) is 9.52. The number of fused-ring (bicyclic) bond motifs is 2. The van der Waals surface area contributed by atoms with Crippen LogP contribution in [0.25, 0.3) is 6.08 Å². The van der Waals surface area contributed by atoms with Crippen molar-refractivity contribution in [3.63, 3.8) is 0 Å². The van der Waals surface area contributed by atoms with Crippen molar-refractivity contribution in [1.29, 1.82) is 0 Å². The minimum Gasteiger partial charge on any atom is -0.497 e. The number of benzene rings is 1. The number of nitrogens with zero attached hydrogens (tertiary/aromatic N) is 2. The Hall–Kier alpha value is -2.63. The Labute approximate surface area is 164 Å². The molecule has 1 aromatic carbocycles. The summed E-state index contributed by atoms with van der Waals surface area (Å²) in [6.45, 7) is 5.97. The lowest BCUT2D eigenvalue weighted by atomic mass is 9.84. The molecule has 2 aliphatic heterocycles. The minimum absolute atomic E-state index is 0.202. The van der Waals surface area contributed by atoms with Crippen molar-refractivity contribution in [3.05, 3.63) is 70.2 Å². The number of methoxy groups -OCH3 is 1. The molecule has 0 unspecified atom stereocenters. The molecule has 0 N–H and O–H groups in total. The molecule has 0 amide bonds. The van der Waals surface area contributed by atoms with Crippen molar-refractivity contribution in [1.82, 2.24) is 4.48 Å². The van der Waals surface area contributed by atoms with Crippen LogP contribution >= 0.6 is 0 Å². The van der Waals surface area contributed by atoms with Gasteiger partial charge in [-0.2, -0.15) is 0 Å². The van der Waals surface area contributed by atoms with E-state index in [-0.39, 0.29) is 5.41 Å². The van der Waals surface area contributed by atoms with Crippen molar-refractivity contribution in [3.8, 4) is 5.75 Å². The van der Waals surface area contributed by atoms with E-state index in [1.807, 2.05) is 32.1 Å². The molecule has 0 fully saturated rings. The SMILES string of the molecule is COc1ccc(C2=[N+]3C(=Cc4c(C)c(C(C)(C)C)c(C)n4[B-]3(F)F)C=C2)cc1. The van der Waals surface area contributed by atoms with Gasteiger partial charge in [0.25, 0.3) is 0 Å². The first-order chi connectivity index (χ1) is 13.1. The van der Waals surface area contributed by atoms with E-state index in [9.17, 15) is 0 Å². The Morgan fingerprint density at radius 1 is 1.04 bits per heavy atom. The summed E-state index contributed by atoms with van der Waals surface area (Å²) in [6.07, 6.45) is 5.42. The van der Waals surface area contributed by atoms with Gasteiger partial charge in [0, 0.05) is 29.5 Å². The third kappa shape index (κ3) is 2.50. The van der Waals surface area contributed by atoms with Crippen molar-refractivity contribution in [2.75, 3.05) is 7.11 Å². The van der Waals surface area contributed by atoms with E-state index in [2.05, 4.69) is 20.8 Å². The highest BCUT2D eigenvalue weighted by molar-refractivity contribution is 6.58. The fourth-order valence-corrected chi connectivity index (χ4v) is 4.75. The van der Waals surface area contributed by atoms with Crippen LogP contribution in [0.15, 0.2) is 42.1 Å². The van der Waals surface area contributed by atoms with Crippen LogP contribution in [0.5, 0.6) is 5.75 Å². The van der Waals surface area contributed by atoms with Gasteiger partial charge < -0.3 is 22.3 Å². The fourth-order valence-electron chi connectivity index (χ4n) is 4.75. The van der Waals surface area contributed by atoms with E-state index in [1.54, 1.807) is 31.4 Å². The molecule has 6 heteroatoms. The molecular formula is C22H25BF2N2O. The summed E-state index contributed by atoms with van der Waals surface area (Å²) in [6, 6.07) is 7.22. The van der Waals surface area contributed by atoms with E-state index in [4.69, 9.17) is 4.74 Å². The van der Waals surface area contributed by atoms with Gasteiger partial charge in [-0.25, -0.2) is 0 Å². The average molecular weight is 382 g/mol. The van der Waals surface area contributed by atoms with Crippen LogP contribution in [0.4, 0.5) is 8.63 Å². The lowest BCUT2D eigenvalue weighted by molar-refractivity contribution is -0.360. The topological polar surface area (TPSA) is 17.2 Å². The number of allylic oxidation sites excluding steroid dienone is 2. The molecule has 0 saturated heterocycles. The van der Waals surface area contributed by atoms with Gasteiger partial charge in [-0.3, -0.25) is 0 Å². The Morgan fingerprint density at radius 3 is 2.25 bits per heavy atom. The number of hydrogen-bond acceptors (Lipinski definition) is 1. The highest BCUT2D eigenvalue weighted by Gasteiger charge is 2.53. The van der Waals surface area contributed by atoms with Crippen LogP contribution in [0.1, 0.15) is 48.8 Å². The maximum atomic E-state index is 15.9. The van der Waals surface area contributed by atoms with Gasteiger partial charge in [-0.1, -0.05) is 20.8 Å². The maximum absolute atomic E-state index is 15.9. The monoisotopic (exact) mass is 382 g/mol. The van der Waals surface area contributed by atoms with E-state index in [0.717, 1.165) is 16.7 Å². The second kappa shape index (κ2) is 5.93. The molecule has 0 bridgehead atoms. The molecule has 3 heterocycles. The number of aromatic nitrogens is 1. The lowest BCUT2D eigenvalue weighted by Gasteiger charge is -2.30. The third-order valence-electron chi connectivity index (χ3n) is 5.73. The predicted octanol–water partition coefficient (Wildman–Crippen LogP) is 5.06. The lowest BCUT2D eigenvalue weighted by Crippen LogP contribution is -2.50. The van der Waals surface area contributed by atoms with Crippen molar-refractivity contribution >= 4 is 18.8 Å². The molecule has 2 aliphatic rings. The molecule has 1 aromatic heterocycles. The Kier molecular flexibility index (Phi) is 3.97. The second-order valence-corrected chi connectivity index (χ2v) is 8.57. The van der Waals surface area contributed by atoms with Gasteiger partial charge >= 0.3 is 6.97 Å². The van der Waals surface area contributed by atoms with Crippen LogP contribution in [-0.4, -0.2) is 28.8 Å². The molecule has 3 nitrogen and oxygen atoms in total. The Bertz CT molecular complexity index is 1070. The van der Waals surface area contributed by atoms with E-state index >= 15 is 8.63 Å². The van der Waals surface area contributed by atoms with Gasteiger partial charge in [-0.05, 0) is 60.3 Å². The average Bonchev–Trinajstić information content (AvgIpc) is 3.15. The highest BCUT2D eigenvalue weighted by atomic mass is 19.2. The second-order valence-electron chi connectivity index (χ2n) is 8.57. The summed E-state index contributed by atoms with van der Waals surface area (Å²) in [7, 11) is 1.59. The maximum Gasteiger partial charge on any atom is 0.737 e. The van der Waals surface area contributed by atoms with Crippen LogP contribution in [0.2, 0.25) is 0 Å². The number of halogens is 2. The van der Waals surface area contributed by atoms with E-state index in [0.29, 0.717) is 28.5 Å². The summed E-state index contributed by atoms with van der Waals surface area (Å²) in [4.78, 5) is 0. The highest BCUT2D eigenvalue weighted by Crippen LogP contribution is 2.40. The first-order valence-corrected chi connectivity index (χ1v) is 9.52. The van der Waals surface area contributed by atoms with Crippen molar-refractivity contribution < 1.29 is 17.9 Å². The third-order valence-corrected chi connectivity index (χ3v) is 5.73. The number of hydrogen-bond donors (Lipinski definition) is 0. The predicted molar refractivity (Wildman–Crippen MR) is 110 cm³/mol. The summed E-state index contributed by atoms with van der Waals surface area (Å²) >= 11 is 0. The summed E-state index contributed by atoms with van der Waals surface area (Å²) in [5, 5.41) is 0. The Morgan fingerprint density at radius 2 is 1.68 bits per heavy atom. The summed E-state index contributed by atoms with van der Waals surface area (Å²) in [5.41, 5.74) is 4.76. The normalized spacial score (nSPS) is 17.5. The van der Waals surface area contributed by atoms with Crippen LogP contribution < -0.4 is 4.74 Å². The number of ether oxygens (including phenoxy) is 1. The smallest absolute Gasteiger partial charge is 0.497 e. The van der Waals surface area contributed by atoms with Gasteiger partial charge in [-0.15, -0.1) is 0 Å². The first kappa shape index (κ1) is 18.7. The fraction of sp³-hybridized carbons (Fsp3) is 0.318. The molecule has 0 spiro atoms. The molecule has 0 saturated carbocycles. The minimum atomic E-state index is -4.01. The Balaban J connectivity index is 1.96. The van der Waals surface area contributed by atoms with Crippen molar-refractivity contribution in [2.24, 2.45) is 0 Å². The summed E-state index contributed by atoms with van der Waals surface area (Å²) in [5.74, 6) is 0.701. The van der Waals surface area contributed by atoms with Gasteiger partial charge in [0.05, 0.1) is 7.11 Å². The zero-order chi connectivity index (χ0) is 20.4. The summed E-state index contributed by atoms with van der Waals surface area (Å²) < 4.78 is 39.4. The molecule has 0 radical (unpaired) electrons. The van der Waals surface area contributed by atoms with Crippen molar-refractivity contribution in [2.45, 2.75) is 40.0 Å². The quantitative estimate of drug-likeness (QED) is 0.664. The largest absolute Gasteiger partial charge is 0.737 e. The molecule has 28 heavy (non-hydrogen) atoms. The van der Waals surface area contributed by atoms with Crippen LogP contribution in [0, 0.1) is 13.8 Å². The molecule has 0 atom stereocenters. The molecule has 2 aromatic rings. The molecule has 4 rings (SSSR count). The molecular weight excluding hydrogens is 357 g/mol. The van der Waals surface area contributed by atoms with Gasteiger partial charge in [0.1, 0.15) is 5.75 Å². The number of rotatable bonds is 2. The zero-order valence-electron chi connectivity index (χ0n) is 17.2. The van der Waals surface area contributed by atoms with Gasteiger partial charge in [0.2, 0.25) is 0 Å². The van der Waals surface area contributed by atoms with E-state index in [1.165, 1.54) is 8.96 Å². The van der Waals surface area contributed by atoms with E-state index < -0.39 is 6.97 Å². The van der Waals surface area contributed by atoms with Crippen LogP contribution in [0.3, 0.4) is 0 Å². The molecule has 0 aliphatic carbocycles. The molecule has 146 valence electrons. The van der Waals surface area contributed by atoms with Crippen LogP contribution in [-0.2, 0) is 5.41 Å². The standard InChI is InChI=1S/C22H25BF2N2O/c1-14-20-13-17-9-12-19(16-7-10-18(28-6)11-8-16)27(17)23(24,25)26(20)15(2)21(14)22(3,4)5/h7-13H,1-6H3. The van der Waals surface area contributed by atoms with Gasteiger partial charge in [0.15, 0.2) is 11.4 Å².